The molecule has 23 heavy (non-hydrogen) atoms. The zero-order valence-electron chi connectivity index (χ0n) is 12.7. The third-order valence-corrected chi connectivity index (χ3v) is 3.99. The topological polar surface area (TPSA) is 66.3 Å². The van der Waals surface area contributed by atoms with Crippen molar-refractivity contribution < 1.29 is 9.21 Å². The van der Waals surface area contributed by atoms with Crippen molar-refractivity contribution in [3.63, 3.8) is 0 Å². The first-order chi connectivity index (χ1) is 11.1. The van der Waals surface area contributed by atoms with Crippen LogP contribution in [0.2, 0.25) is 0 Å². The van der Waals surface area contributed by atoms with Crippen molar-refractivity contribution in [3.8, 4) is 0 Å². The minimum atomic E-state index is -0.191. The highest BCUT2D eigenvalue weighted by Crippen LogP contribution is 2.31. The number of para-hydroxylation sites is 1. The molecule has 0 radical (unpaired) electrons. The summed E-state index contributed by atoms with van der Waals surface area (Å²) >= 11 is 0. The fourth-order valence-corrected chi connectivity index (χ4v) is 2.88. The van der Waals surface area contributed by atoms with Crippen molar-refractivity contribution in [1.82, 2.24) is 9.88 Å². The van der Waals surface area contributed by atoms with Crippen molar-refractivity contribution in [2.24, 2.45) is 0 Å². The van der Waals surface area contributed by atoms with Gasteiger partial charge in [-0.3, -0.25) is 9.59 Å². The third-order valence-electron chi connectivity index (χ3n) is 3.99. The van der Waals surface area contributed by atoms with Gasteiger partial charge in [0.2, 0.25) is 0 Å². The molecule has 0 spiro atoms. The molecule has 1 N–H and O–H groups in total. The van der Waals surface area contributed by atoms with Gasteiger partial charge in [0.25, 0.3) is 11.5 Å². The second-order valence-corrected chi connectivity index (χ2v) is 5.72. The van der Waals surface area contributed by atoms with Crippen LogP contribution >= 0.6 is 0 Å². The van der Waals surface area contributed by atoms with Gasteiger partial charge >= 0.3 is 0 Å². The van der Waals surface area contributed by atoms with Crippen LogP contribution in [0.5, 0.6) is 0 Å². The Morgan fingerprint density at radius 3 is 2.65 bits per heavy atom. The molecule has 0 saturated carbocycles. The van der Waals surface area contributed by atoms with E-state index in [9.17, 15) is 9.59 Å². The number of aromatic amines is 1. The molecule has 0 aliphatic rings. The molecule has 1 amide bonds. The van der Waals surface area contributed by atoms with Crippen molar-refractivity contribution in [2.45, 2.75) is 0 Å². The van der Waals surface area contributed by atoms with E-state index in [2.05, 4.69) is 4.98 Å². The van der Waals surface area contributed by atoms with E-state index in [4.69, 9.17) is 4.42 Å². The van der Waals surface area contributed by atoms with Crippen molar-refractivity contribution in [3.05, 3.63) is 58.4 Å². The molecule has 0 aliphatic heterocycles. The Morgan fingerprint density at radius 1 is 1.09 bits per heavy atom. The molecule has 2 aromatic heterocycles. The van der Waals surface area contributed by atoms with E-state index < -0.39 is 0 Å². The molecule has 5 heteroatoms. The van der Waals surface area contributed by atoms with Gasteiger partial charge in [-0.2, -0.15) is 0 Å². The molecular weight excluding hydrogens is 292 g/mol. The van der Waals surface area contributed by atoms with Crippen LogP contribution in [0.4, 0.5) is 0 Å². The predicted molar refractivity (Wildman–Crippen MR) is 89.9 cm³/mol. The van der Waals surface area contributed by atoms with Gasteiger partial charge in [0.05, 0.1) is 10.9 Å². The van der Waals surface area contributed by atoms with Crippen LogP contribution in [-0.4, -0.2) is 29.9 Å². The average Bonchev–Trinajstić information content (AvgIpc) is 2.94. The number of hydrogen-bond acceptors (Lipinski definition) is 3. The van der Waals surface area contributed by atoms with Crippen LogP contribution in [0.15, 0.2) is 51.7 Å². The number of furan rings is 1. The van der Waals surface area contributed by atoms with Crippen LogP contribution in [-0.2, 0) is 0 Å². The van der Waals surface area contributed by atoms with E-state index in [0.717, 1.165) is 10.8 Å². The molecule has 2 aromatic carbocycles. The summed E-state index contributed by atoms with van der Waals surface area (Å²) in [6.07, 6.45) is 0. The largest absolute Gasteiger partial charge is 0.455 e. The number of nitrogens with one attached hydrogen (secondary N) is 1. The van der Waals surface area contributed by atoms with E-state index in [1.165, 1.54) is 4.90 Å². The molecule has 4 aromatic rings. The van der Waals surface area contributed by atoms with Gasteiger partial charge in [-0.1, -0.05) is 18.2 Å². The summed E-state index contributed by atoms with van der Waals surface area (Å²) in [6, 6.07) is 12.6. The Hall–Kier alpha value is -3.08. The highest BCUT2D eigenvalue weighted by atomic mass is 16.3. The summed E-state index contributed by atoms with van der Waals surface area (Å²) < 4.78 is 5.90. The molecule has 0 aliphatic carbocycles. The Bertz CT molecular complexity index is 1140. The number of aromatic nitrogens is 1. The number of carbonyl (C=O) groups excluding carboxylic acids is 1. The summed E-state index contributed by atoms with van der Waals surface area (Å²) in [5, 5.41) is 2.01. The molecular formula is C18H14N2O3. The average molecular weight is 306 g/mol. The van der Waals surface area contributed by atoms with Gasteiger partial charge in [0.1, 0.15) is 11.2 Å². The lowest BCUT2D eigenvalue weighted by Gasteiger charge is -2.10. The number of H-pyrrole nitrogens is 1. The maximum atomic E-state index is 12.4. The van der Waals surface area contributed by atoms with Gasteiger partial charge in [0.15, 0.2) is 0 Å². The van der Waals surface area contributed by atoms with Gasteiger partial charge in [0, 0.05) is 30.4 Å². The van der Waals surface area contributed by atoms with Gasteiger partial charge in [-0.05, 0) is 24.3 Å². The Labute approximate surface area is 131 Å². The molecule has 5 nitrogen and oxygen atoms in total. The minimum absolute atomic E-state index is 0.0950. The first kappa shape index (κ1) is 13.6. The summed E-state index contributed by atoms with van der Waals surface area (Å²) in [7, 11) is 3.41. The van der Waals surface area contributed by atoms with Crippen molar-refractivity contribution in [1.29, 1.82) is 0 Å². The number of fused-ring (bicyclic) bond motifs is 5. The van der Waals surface area contributed by atoms with E-state index in [1.54, 1.807) is 32.3 Å². The summed E-state index contributed by atoms with van der Waals surface area (Å²) in [4.78, 5) is 29.0. The van der Waals surface area contributed by atoms with Crippen LogP contribution in [0.25, 0.3) is 32.8 Å². The maximum absolute atomic E-state index is 12.4. The summed E-state index contributed by atoms with van der Waals surface area (Å²) in [5.74, 6) is -0.0950. The highest BCUT2D eigenvalue weighted by molar-refractivity contribution is 6.14. The Morgan fingerprint density at radius 2 is 1.87 bits per heavy atom. The van der Waals surface area contributed by atoms with Crippen LogP contribution in [0.1, 0.15) is 10.4 Å². The monoisotopic (exact) mass is 306 g/mol. The zero-order chi connectivity index (χ0) is 16.1. The predicted octanol–water partition coefficient (Wildman–Crippen LogP) is 3.13. The van der Waals surface area contributed by atoms with Gasteiger partial charge < -0.3 is 14.3 Å². The van der Waals surface area contributed by atoms with Crippen LogP contribution in [0, 0.1) is 0 Å². The molecule has 4 rings (SSSR count). The fraction of sp³-hybridized carbons (Fsp3) is 0.111. The van der Waals surface area contributed by atoms with E-state index in [0.29, 0.717) is 27.6 Å². The van der Waals surface area contributed by atoms with E-state index in [-0.39, 0.29) is 11.5 Å². The standard InChI is InChI=1S/C18H14N2O3/c1-20(2)18(22)10-7-8-13-12(9-10)16-15(17(21)19-13)11-5-3-4-6-14(11)23-16/h3-9H,1-2H3,(H,19,21). The lowest BCUT2D eigenvalue weighted by atomic mass is 10.1. The number of benzene rings is 2. The normalized spacial score (nSPS) is 11.4. The second-order valence-electron chi connectivity index (χ2n) is 5.72. The maximum Gasteiger partial charge on any atom is 0.260 e. The van der Waals surface area contributed by atoms with E-state index in [1.807, 2.05) is 24.3 Å². The molecule has 0 bridgehead atoms. The molecule has 0 fully saturated rings. The second kappa shape index (κ2) is 4.71. The molecule has 0 unspecified atom stereocenters. The lowest BCUT2D eigenvalue weighted by molar-refractivity contribution is 0.0828. The summed E-state index contributed by atoms with van der Waals surface area (Å²) in [6.45, 7) is 0. The Kier molecular flexibility index (Phi) is 2.78. The number of nitrogens with zero attached hydrogens (tertiary/aromatic N) is 1. The lowest BCUT2D eigenvalue weighted by Crippen LogP contribution is -2.21. The first-order valence-electron chi connectivity index (χ1n) is 7.25. The highest BCUT2D eigenvalue weighted by Gasteiger charge is 2.16. The SMILES string of the molecule is CN(C)C(=O)c1ccc2[nH]c(=O)c3c4ccccc4oc3c2c1. The molecule has 0 atom stereocenters. The van der Waals surface area contributed by atoms with Gasteiger partial charge in [-0.25, -0.2) is 0 Å². The van der Waals surface area contributed by atoms with Crippen molar-refractivity contribution in [2.75, 3.05) is 14.1 Å². The Balaban J connectivity index is 2.15. The number of rotatable bonds is 1. The van der Waals surface area contributed by atoms with Crippen molar-refractivity contribution >= 4 is 38.7 Å². The first-order valence-corrected chi connectivity index (χ1v) is 7.25. The molecule has 0 saturated heterocycles. The smallest absolute Gasteiger partial charge is 0.260 e. The van der Waals surface area contributed by atoms with Gasteiger partial charge in [-0.15, -0.1) is 0 Å². The molecule has 2 heterocycles. The number of amides is 1. The quantitative estimate of drug-likeness (QED) is 0.587. The minimum Gasteiger partial charge on any atom is -0.455 e. The van der Waals surface area contributed by atoms with Crippen LogP contribution in [0.3, 0.4) is 0 Å². The number of hydrogen-bond donors (Lipinski definition) is 1. The van der Waals surface area contributed by atoms with Crippen LogP contribution < -0.4 is 5.56 Å². The number of carbonyl (C=O) groups is 1. The third kappa shape index (κ3) is 1.93. The number of pyridine rings is 1. The zero-order valence-corrected chi connectivity index (χ0v) is 12.7. The molecule has 114 valence electrons. The summed E-state index contributed by atoms with van der Waals surface area (Å²) in [5.41, 5.74) is 2.18. The fourth-order valence-electron chi connectivity index (χ4n) is 2.88. The van der Waals surface area contributed by atoms with E-state index >= 15 is 0 Å².